The summed E-state index contributed by atoms with van der Waals surface area (Å²) in [5.41, 5.74) is 0.634. The molecule has 0 radical (unpaired) electrons. The molecule has 0 spiro atoms. The summed E-state index contributed by atoms with van der Waals surface area (Å²) in [4.78, 5) is 4.22. The van der Waals surface area contributed by atoms with Crippen molar-refractivity contribution in [2.45, 2.75) is 33.0 Å². The number of nitrogens with zero attached hydrogens (tertiary/aromatic N) is 2. The molecule has 1 aromatic carbocycles. The van der Waals surface area contributed by atoms with Gasteiger partial charge in [-0.25, -0.2) is 9.37 Å². The largest absolute Gasteiger partial charge is 0.486 e. The zero-order valence-corrected chi connectivity index (χ0v) is 12.1. The Balaban J connectivity index is 2.05. The average molecular weight is 277 g/mol. The Morgan fingerprint density at radius 1 is 1.45 bits per heavy atom. The van der Waals surface area contributed by atoms with Gasteiger partial charge in [-0.15, -0.1) is 0 Å². The van der Waals surface area contributed by atoms with Gasteiger partial charge in [-0.1, -0.05) is 6.07 Å². The summed E-state index contributed by atoms with van der Waals surface area (Å²) in [5.74, 6) is 1.09. The minimum atomic E-state index is -0.261. The number of rotatable bonds is 6. The maximum Gasteiger partial charge on any atom is 0.146 e. The van der Waals surface area contributed by atoms with Crippen LogP contribution in [-0.2, 0) is 13.2 Å². The highest BCUT2D eigenvalue weighted by Crippen LogP contribution is 2.22. The van der Waals surface area contributed by atoms with Crippen LogP contribution in [0.5, 0.6) is 5.75 Å². The Morgan fingerprint density at radius 2 is 2.25 bits per heavy atom. The lowest BCUT2D eigenvalue weighted by atomic mass is 10.1. The molecule has 20 heavy (non-hydrogen) atoms. The molecule has 0 fully saturated rings. The number of halogens is 1. The van der Waals surface area contributed by atoms with Gasteiger partial charge in [0.05, 0.1) is 0 Å². The number of hydrogen-bond donors (Lipinski definition) is 1. The van der Waals surface area contributed by atoms with Crippen LogP contribution in [0.25, 0.3) is 0 Å². The molecule has 0 bridgehead atoms. The standard InChI is InChI=1S/C15H20FN3O/c1-4-19-8-7-18-15(19)10-20-12-5-6-13(11(2)17-3)14(16)9-12/h5-9,11,17H,4,10H2,1-3H3. The van der Waals surface area contributed by atoms with Crippen LogP contribution in [0.15, 0.2) is 30.6 Å². The first-order valence-corrected chi connectivity index (χ1v) is 6.75. The van der Waals surface area contributed by atoms with Crippen LogP contribution < -0.4 is 10.1 Å². The summed E-state index contributed by atoms with van der Waals surface area (Å²) in [6, 6.07) is 4.93. The lowest BCUT2D eigenvalue weighted by Crippen LogP contribution is -2.14. The molecule has 1 N–H and O–H groups in total. The highest BCUT2D eigenvalue weighted by atomic mass is 19.1. The average Bonchev–Trinajstić information content (AvgIpc) is 2.92. The summed E-state index contributed by atoms with van der Waals surface area (Å²) < 4.78 is 21.6. The monoisotopic (exact) mass is 277 g/mol. The van der Waals surface area contributed by atoms with E-state index < -0.39 is 0 Å². The van der Waals surface area contributed by atoms with E-state index >= 15 is 0 Å². The van der Waals surface area contributed by atoms with Crippen molar-refractivity contribution in [1.29, 1.82) is 0 Å². The van der Waals surface area contributed by atoms with E-state index in [4.69, 9.17) is 4.74 Å². The second-order valence-corrected chi connectivity index (χ2v) is 4.61. The molecule has 0 amide bonds. The summed E-state index contributed by atoms with van der Waals surface area (Å²) in [7, 11) is 1.80. The molecule has 108 valence electrons. The molecule has 2 aromatic rings. The summed E-state index contributed by atoms with van der Waals surface area (Å²) in [6.45, 7) is 5.13. The number of benzene rings is 1. The Labute approximate surface area is 118 Å². The Morgan fingerprint density at radius 3 is 2.90 bits per heavy atom. The number of hydrogen-bond acceptors (Lipinski definition) is 3. The van der Waals surface area contributed by atoms with E-state index in [-0.39, 0.29) is 11.9 Å². The van der Waals surface area contributed by atoms with Crippen LogP contribution in [0.3, 0.4) is 0 Å². The number of nitrogens with one attached hydrogen (secondary N) is 1. The van der Waals surface area contributed by atoms with Crippen molar-refractivity contribution in [3.63, 3.8) is 0 Å². The molecule has 1 unspecified atom stereocenters. The first-order chi connectivity index (χ1) is 9.65. The van der Waals surface area contributed by atoms with E-state index in [1.54, 1.807) is 25.4 Å². The van der Waals surface area contributed by atoms with E-state index in [2.05, 4.69) is 10.3 Å². The smallest absolute Gasteiger partial charge is 0.146 e. The number of aromatic nitrogens is 2. The van der Waals surface area contributed by atoms with Crippen LogP contribution in [0, 0.1) is 5.82 Å². The highest BCUT2D eigenvalue weighted by molar-refractivity contribution is 5.30. The third-order valence-corrected chi connectivity index (χ3v) is 3.38. The van der Waals surface area contributed by atoms with Gasteiger partial charge < -0.3 is 14.6 Å². The molecule has 0 aliphatic rings. The molecular weight excluding hydrogens is 257 g/mol. The fourth-order valence-electron chi connectivity index (χ4n) is 2.02. The van der Waals surface area contributed by atoms with Gasteiger partial charge in [0.2, 0.25) is 0 Å². The molecule has 4 nitrogen and oxygen atoms in total. The summed E-state index contributed by atoms with van der Waals surface area (Å²) in [5, 5.41) is 3.02. The third kappa shape index (κ3) is 3.17. The maximum atomic E-state index is 14.0. The van der Waals surface area contributed by atoms with E-state index in [1.165, 1.54) is 6.07 Å². The fraction of sp³-hybridized carbons (Fsp3) is 0.400. The van der Waals surface area contributed by atoms with Gasteiger partial charge in [0.1, 0.15) is 24.0 Å². The summed E-state index contributed by atoms with van der Waals surface area (Å²) >= 11 is 0. The predicted octanol–water partition coefficient (Wildman–Crippen LogP) is 2.90. The number of aryl methyl sites for hydroxylation is 1. The maximum absolute atomic E-state index is 14.0. The topological polar surface area (TPSA) is 39.1 Å². The van der Waals surface area contributed by atoms with Gasteiger partial charge in [-0.3, -0.25) is 0 Å². The molecule has 5 heteroatoms. The van der Waals surface area contributed by atoms with Crippen LogP contribution in [0.2, 0.25) is 0 Å². The van der Waals surface area contributed by atoms with E-state index in [9.17, 15) is 4.39 Å². The summed E-state index contributed by atoms with van der Waals surface area (Å²) in [6.07, 6.45) is 3.64. The van der Waals surface area contributed by atoms with Crippen molar-refractivity contribution >= 4 is 0 Å². The van der Waals surface area contributed by atoms with Crippen molar-refractivity contribution < 1.29 is 9.13 Å². The van der Waals surface area contributed by atoms with Crippen LogP contribution in [0.1, 0.15) is 31.3 Å². The molecule has 1 heterocycles. The van der Waals surface area contributed by atoms with Crippen molar-refractivity contribution in [3.05, 3.63) is 47.8 Å². The number of imidazole rings is 1. The van der Waals surface area contributed by atoms with E-state index in [0.717, 1.165) is 12.4 Å². The van der Waals surface area contributed by atoms with Gasteiger partial charge in [0.15, 0.2) is 0 Å². The fourth-order valence-corrected chi connectivity index (χ4v) is 2.02. The first-order valence-electron chi connectivity index (χ1n) is 6.75. The Kier molecular flexibility index (Phi) is 4.74. The predicted molar refractivity (Wildman–Crippen MR) is 76.1 cm³/mol. The normalized spacial score (nSPS) is 12.4. The zero-order valence-electron chi connectivity index (χ0n) is 12.1. The third-order valence-electron chi connectivity index (χ3n) is 3.38. The molecule has 0 aliphatic heterocycles. The van der Waals surface area contributed by atoms with Crippen molar-refractivity contribution in [2.24, 2.45) is 0 Å². The molecule has 1 aromatic heterocycles. The van der Waals surface area contributed by atoms with Crippen molar-refractivity contribution in [3.8, 4) is 5.75 Å². The second kappa shape index (κ2) is 6.52. The lowest BCUT2D eigenvalue weighted by molar-refractivity contribution is 0.288. The first kappa shape index (κ1) is 14.5. The molecule has 2 rings (SSSR count). The molecular formula is C15H20FN3O. The molecule has 0 aliphatic carbocycles. The number of ether oxygens (including phenoxy) is 1. The van der Waals surface area contributed by atoms with Crippen molar-refractivity contribution in [1.82, 2.24) is 14.9 Å². The van der Waals surface area contributed by atoms with E-state index in [1.807, 2.05) is 24.6 Å². The molecule has 0 saturated carbocycles. The Bertz CT molecular complexity index is 568. The van der Waals surface area contributed by atoms with Crippen LogP contribution in [0.4, 0.5) is 4.39 Å². The zero-order chi connectivity index (χ0) is 14.5. The van der Waals surface area contributed by atoms with Crippen LogP contribution in [-0.4, -0.2) is 16.6 Å². The molecule has 0 saturated heterocycles. The van der Waals surface area contributed by atoms with E-state index in [0.29, 0.717) is 17.9 Å². The van der Waals surface area contributed by atoms with Gasteiger partial charge in [0, 0.05) is 36.6 Å². The van der Waals surface area contributed by atoms with Crippen molar-refractivity contribution in [2.75, 3.05) is 7.05 Å². The van der Waals surface area contributed by atoms with Gasteiger partial charge in [-0.05, 0) is 27.0 Å². The minimum absolute atomic E-state index is 0.0250. The molecule has 1 atom stereocenters. The SMILES string of the molecule is CCn1ccnc1COc1ccc(C(C)NC)c(F)c1. The lowest BCUT2D eigenvalue weighted by Gasteiger charge is -2.13. The highest BCUT2D eigenvalue weighted by Gasteiger charge is 2.10. The van der Waals surface area contributed by atoms with Crippen LogP contribution >= 0.6 is 0 Å². The second-order valence-electron chi connectivity index (χ2n) is 4.61. The minimum Gasteiger partial charge on any atom is -0.486 e. The van der Waals surface area contributed by atoms with Gasteiger partial charge >= 0.3 is 0 Å². The quantitative estimate of drug-likeness (QED) is 0.882. The Hall–Kier alpha value is -1.88. The van der Waals surface area contributed by atoms with Gasteiger partial charge in [0.25, 0.3) is 0 Å². The van der Waals surface area contributed by atoms with Gasteiger partial charge in [-0.2, -0.15) is 0 Å².